The lowest BCUT2D eigenvalue weighted by molar-refractivity contribution is -0.124. The summed E-state index contributed by atoms with van der Waals surface area (Å²) in [5, 5.41) is 2.76. The van der Waals surface area contributed by atoms with Crippen LogP contribution in [0.15, 0.2) is 18.2 Å². The Bertz CT molecular complexity index is 462. The van der Waals surface area contributed by atoms with Gasteiger partial charge in [0.25, 0.3) is 0 Å². The molecule has 0 spiro atoms. The molecule has 106 valence electrons. The fourth-order valence-corrected chi connectivity index (χ4v) is 1.98. The summed E-state index contributed by atoms with van der Waals surface area (Å²) in [5.74, 6) is -0.556. The van der Waals surface area contributed by atoms with Crippen molar-refractivity contribution < 1.29 is 13.9 Å². The third-order valence-electron chi connectivity index (χ3n) is 3.27. The Balaban J connectivity index is 0.00000180. The number of benzene rings is 1. The average Bonchev–Trinajstić information content (AvgIpc) is 2.33. The van der Waals surface area contributed by atoms with Crippen LogP contribution in [0.4, 0.5) is 10.1 Å². The van der Waals surface area contributed by atoms with Crippen molar-refractivity contribution in [2.45, 2.75) is 25.3 Å². The maximum Gasteiger partial charge on any atom is 0.244 e. The molecule has 1 aliphatic heterocycles. The summed E-state index contributed by atoms with van der Waals surface area (Å²) in [6, 6.07) is 4.24. The van der Waals surface area contributed by atoms with Gasteiger partial charge in [-0.25, -0.2) is 4.39 Å². The molecular formula is C13H18ClFN2O2. The number of amides is 1. The molecule has 19 heavy (non-hydrogen) atoms. The highest BCUT2D eigenvalue weighted by atomic mass is 35.5. The first kappa shape index (κ1) is 15.9. The zero-order chi connectivity index (χ0) is 13.2. The Labute approximate surface area is 117 Å². The van der Waals surface area contributed by atoms with Crippen molar-refractivity contribution in [3.05, 3.63) is 29.6 Å². The molecule has 0 aromatic heterocycles. The lowest BCUT2D eigenvalue weighted by Gasteiger charge is -2.31. The summed E-state index contributed by atoms with van der Waals surface area (Å²) in [7, 11) is 0. The average molecular weight is 289 g/mol. The molecule has 0 radical (unpaired) electrons. The largest absolute Gasteiger partial charge is 0.381 e. The molecule has 4 nitrogen and oxygen atoms in total. The zero-order valence-electron chi connectivity index (χ0n) is 10.7. The number of carbonyl (C=O) groups excluding carboxylic acids is 1. The van der Waals surface area contributed by atoms with Crippen LogP contribution in [0, 0.1) is 12.7 Å². The second kappa shape index (κ2) is 6.32. The van der Waals surface area contributed by atoms with Gasteiger partial charge in [0, 0.05) is 18.9 Å². The third-order valence-corrected chi connectivity index (χ3v) is 3.27. The van der Waals surface area contributed by atoms with Gasteiger partial charge in [-0.3, -0.25) is 4.79 Å². The molecular weight excluding hydrogens is 271 g/mol. The van der Waals surface area contributed by atoms with Gasteiger partial charge in [0.15, 0.2) is 0 Å². The SMILES string of the molecule is Cc1cc(F)ccc1NC(=O)C1(N)CCOCC1.Cl. The van der Waals surface area contributed by atoms with Crippen molar-refractivity contribution in [1.82, 2.24) is 0 Å². The topological polar surface area (TPSA) is 64.4 Å². The fraction of sp³-hybridized carbons (Fsp3) is 0.462. The van der Waals surface area contributed by atoms with Gasteiger partial charge in [0.05, 0.1) is 0 Å². The number of ether oxygens (including phenoxy) is 1. The second-order valence-corrected chi connectivity index (χ2v) is 4.68. The minimum Gasteiger partial charge on any atom is -0.381 e. The summed E-state index contributed by atoms with van der Waals surface area (Å²) in [5.41, 5.74) is 6.45. The van der Waals surface area contributed by atoms with Gasteiger partial charge in [0.1, 0.15) is 11.4 Å². The molecule has 1 aromatic rings. The highest BCUT2D eigenvalue weighted by Gasteiger charge is 2.36. The molecule has 0 saturated carbocycles. The van der Waals surface area contributed by atoms with E-state index in [9.17, 15) is 9.18 Å². The molecule has 0 aliphatic carbocycles. The highest BCUT2D eigenvalue weighted by molar-refractivity contribution is 5.98. The Morgan fingerprint density at radius 2 is 2.05 bits per heavy atom. The number of rotatable bonds is 2. The Morgan fingerprint density at radius 3 is 2.63 bits per heavy atom. The number of hydrogen-bond donors (Lipinski definition) is 2. The summed E-state index contributed by atoms with van der Waals surface area (Å²) in [4.78, 5) is 12.1. The van der Waals surface area contributed by atoms with Crippen LogP contribution < -0.4 is 11.1 Å². The van der Waals surface area contributed by atoms with E-state index in [4.69, 9.17) is 10.5 Å². The van der Waals surface area contributed by atoms with Crippen molar-refractivity contribution >= 4 is 24.0 Å². The lowest BCUT2D eigenvalue weighted by atomic mass is 9.90. The monoisotopic (exact) mass is 288 g/mol. The standard InChI is InChI=1S/C13H17FN2O2.ClH/c1-9-8-10(14)2-3-11(9)16-12(17)13(15)4-6-18-7-5-13;/h2-3,8H,4-7,15H2,1H3,(H,16,17);1H. The van der Waals surface area contributed by atoms with Crippen LogP contribution in [0.25, 0.3) is 0 Å². The van der Waals surface area contributed by atoms with Gasteiger partial charge in [-0.1, -0.05) is 0 Å². The number of nitrogens with two attached hydrogens (primary N) is 1. The first-order chi connectivity index (χ1) is 8.51. The van der Waals surface area contributed by atoms with E-state index in [1.54, 1.807) is 13.0 Å². The minimum absolute atomic E-state index is 0. The molecule has 1 heterocycles. The van der Waals surface area contributed by atoms with Crippen LogP contribution in [0.1, 0.15) is 18.4 Å². The van der Waals surface area contributed by atoms with Crippen molar-refractivity contribution in [2.75, 3.05) is 18.5 Å². The molecule has 1 fully saturated rings. The normalized spacial score (nSPS) is 17.4. The number of hydrogen-bond acceptors (Lipinski definition) is 3. The van der Waals surface area contributed by atoms with Crippen LogP contribution in [0.2, 0.25) is 0 Å². The van der Waals surface area contributed by atoms with E-state index < -0.39 is 5.54 Å². The summed E-state index contributed by atoms with van der Waals surface area (Å²) in [6.45, 7) is 2.73. The number of aryl methyl sites for hydroxylation is 1. The Kier molecular flexibility index (Phi) is 5.29. The minimum atomic E-state index is -0.890. The van der Waals surface area contributed by atoms with Crippen molar-refractivity contribution in [2.24, 2.45) is 5.73 Å². The van der Waals surface area contributed by atoms with Crippen LogP contribution in [0.3, 0.4) is 0 Å². The summed E-state index contributed by atoms with van der Waals surface area (Å²) in [6.07, 6.45) is 0.998. The molecule has 0 atom stereocenters. The fourth-order valence-electron chi connectivity index (χ4n) is 1.98. The third kappa shape index (κ3) is 3.65. The predicted octanol–water partition coefficient (Wildman–Crippen LogP) is 2.00. The summed E-state index contributed by atoms with van der Waals surface area (Å²) >= 11 is 0. The molecule has 1 saturated heterocycles. The maximum atomic E-state index is 13.0. The number of nitrogens with one attached hydrogen (secondary N) is 1. The van der Waals surface area contributed by atoms with Gasteiger partial charge in [-0.2, -0.15) is 0 Å². The van der Waals surface area contributed by atoms with E-state index in [-0.39, 0.29) is 24.1 Å². The van der Waals surface area contributed by atoms with Crippen LogP contribution in [-0.2, 0) is 9.53 Å². The molecule has 6 heteroatoms. The Morgan fingerprint density at radius 1 is 1.42 bits per heavy atom. The van der Waals surface area contributed by atoms with E-state index in [1.807, 2.05) is 0 Å². The van der Waals surface area contributed by atoms with Gasteiger partial charge >= 0.3 is 0 Å². The van der Waals surface area contributed by atoms with Gasteiger partial charge in [-0.15, -0.1) is 12.4 Å². The van der Waals surface area contributed by atoms with E-state index in [0.29, 0.717) is 37.3 Å². The molecule has 0 bridgehead atoms. The summed E-state index contributed by atoms with van der Waals surface area (Å²) < 4.78 is 18.2. The highest BCUT2D eigenvalue weighted by Crippen LogP contribution is 2.22. The lowest BCUT2D eigenvalue weighted by Crippen LogP contribution is -2.54. The Hall–Kier alpha value is -1.17. The van der Waals surface area contributed by atoms with Crippen molar-refractivity contribution in [3.63, 3.8) is 0 Å². The number of halogens is 2. The van der Waals surface area contributed by atoms with E-state index >= 15 is 0 Å². The first-order valence-electron chi connectivity index (χ1n) is 5.95. The van der Waals surface area contributed by atoms with Gasteiger partial charge < -0.3 is 15.8 Å². The van der Waals surface area contributed by atoms with E-state index in [2.05, 4.69) is 5.32 Å². The van der Waals surface area contributed by atoms with Crippen molar-refractivity contribution in [1.29, 1.82) is 0 Å². The predicted molar refractivity (Wildman–Crippen MR) is 74.0 cm³/mol. The van der Waals surface area contributed by atoms with Crippen LogP contribution in [0.5, 0.6) is 0 Å². The van der Waals surface area contributed by atoms with E-state index in [1.165, 1.54) is 12.1 Å². The number of carbonyl (C=O) groups is 1. The molecule has 2 rings (SSSR count). The molecule has 1 amide bonds. The second-order valence-electron chi connectivity index (χ2n) is 4.68. The van der Waals surface area contributed by atoms with Crippen molar-refractivity contribution in [3.8, 4) is 0 Å². The quantitative estimate of drug-likeness (QED) is 0.875. The smallest absolute Gasteiger partial charge is 0.244 e. The molecule has 1 aliphatic rings. The van der Waals surface area contributed by atoms with Crippen LogP contribution in [-0.4, -0.2) is 24.7 Å². The number of anilines is 1. The van der Waals surface area contributed by atoms with Gasteiger partial charge in [0.2, 0.25) is 5.91 Å². The van der Waals surface area contributed by atoms with E-state index in [0.717, 1.165) is 0 Å². The molecule has 1 aromatic carbocycles. The van der Waals surface area contributed by atoms with Gasteiger partial charge in [-0.05, 0) is 43.5 Å². The zero-order valence-corrected chi connectivity index (χ0v) is 11.6. The molecule has 0 unspecified atom stereocenters. The molecule has 3 N–H and O–H groups in total. The maximum absolute atomic E-state index is 13.0. The first-order valence-corrected chi connectivity index (χ1v) is 5.95. The van der Waals surface area contributed by atoms with Crippen LogP contribution >= 0.6 is 12.4 Å².